The summed E-state index contributed by atoms with van der Waals surface area (Å²) in [5.41, 5.74) is 2.45. The molecular weight excluding hydrogens is 369 g/mol. The van der Waals surface area contributed by atoms with Gasteiger partial charge in [-0.3, -0.25) is 9.69 Å². The lowest BCUT2D eigenvalue weighted by atomic mass is 9.98. The third kappa shape index (κ3) is 4.48. The Hall–Kier alpha value is -2.73. The fraction of sp³-hybridized carbons (Fsp3) is 0.391. The zero-order valence-electron chi connectivity index (χ0n) is 16.7. The monoisotopic (exact) mass is 395 g/mol. The lowest BCUT2D eigenvalue weighted by Crippen LogP contribution is -2.40. The Bertz CT molecular complexity index is 891. The number of hydrazone groups is 1. The van der Waals surface area contributed by atoms with E-state index in [2.05, 4.69) is 10.0 Å². The van der Waals surface area contributed by atoms with Crippen LogP contribution in [-0.4, -0.2) is 48.3 Å². The minimum Gasteiger partial charge on any atom is -0.497 e. The van der Waals surface area contributed by atoms with Gasteiger partial charge in [0.1, 0.15) is 11.6 Å². The van der Waals surface area contributed by atoms with Crippen molar-refractivity contribution in [3.05, 3.63) is 65.5 Å². The Morgan fingerprint density at radius 2 is 1.90 bits per heavy atom. The van der Waals surface area contributed by atoms with Crippen LogP contribution in [0, 0.1) is 5.82 Å². The number of hydrogen-bond acceptors (Lipinski definition) is 4. The SMILES string of the molecule is COc1ccc(C2CC(c3cccc(F)c3)=NN2C(=O)CN2CCCCC2)cc1. The van der Waals surface area contributed by atoms with Crippen molar-refractivity contribution in [3.8, 4) is 5.75 Å². The molecule has 0 aromatic heterocycles. The van der Waals surface area contributed by atoms with Crippen molar-refractivity contribution in [2.24, 2.45) is 5.10 Å². The second-order valence-electron chi connectivity index (χ2n) is 7.63. The van der Waals surface area contributed by atoms with Gasteiger partial charge in [0.15, 0.2) is 0 Å². The zero-order chi connectivity index (χ0) is 20.2. The third-order valence-electron chi connectivity index (χ3n) is 5.63. The largest absolute Gasteiger partial charge is 0.497 e. The molecular formula is C23H26FN3O2. The molecule has 0 saturated carbocycles. The van der Waals surface area contributed by atoms with Crippen molar-refractivity contribution >= 4 is 11.6 Å². The molecule has 0 N–H and O–H groups in total. The number of amides is 1. The van der Waals surface area contributed by atoms with Crippen molar-refractivity contribution in [1.82, 2.24) is 9.91 Å². The summed E-state index contributed by atoms with van der Waals surface area (Å²) in [7, 11) is 1.63. The van der Waals surface area contributed by atoms with Crippen LogP contribution in [0.1, 0.15) is 42.9 Å². The molecule has 0 radical (unpaired) electrons. The summed E-state index contributed by atoms with van der Waals surface area (Å²) in [6.07, 6.45) is 4.05. The number of halogens is 1. The van der Waals surface area contributed by atoms with E-state index in [4.69, 9.17) is 4.74 Å². The van der Waals surface area contributed by atoms with Gasteiger partial charge in [-0.2, -0.15) is 5.10 Å². The number of ether oxygens (including phenoxy) is 1. The number of carbonyl (C=O) groups is 1. The van der Waals surface area contributed by atoms with Gasteiger partial charge >= 0.3 is 0 Å². The zero-order valence-corrected chi connectivity index (χ0v) is 16.7. The average Bonchev–Trinajstić information content (AvgIpc) is 3.20. The molecule has 6 heteroatoms. The minimum atomic E-state index is -0.302. The van der Waals surface area contributed by atoms with Gasteiger partial charge in [0.2, 0.25) is 0 Å². The third-order valence-corrected chi connectivity index (χ3v) is 5.63. The molecule has 2 aliphatic heterocycles. The van der Waals surface area contributed by atoms with Crippen LogP contribution in [-0.2, 0) is 4.79 Å². The predicted molar refractivity (Wildman–Crippen MR) is 110 cm³/mol. The molecule has 5 nitrogen and oxygen atoms in total. The van der Waals surface area contributed by atoms with E-state index in [9.17, 15) is 9.18 Å². The second kappa shape index (κ2) is 8.74. The first-order valence-electron chi connectivity index (χ1n) is 10.2. The Kier molecular flexibility index (Phi) is 5.90. The highest BCUT2D eigenvalue weighted by molar-refractivity contribution is 6.03. The van der Waals surface area contributed by atoms with Crippen LogP contribution < -0.4 is 4.74 Å². The summed E-state index contributed by atoms with van der Waals surface area (Å²) in [4.78, 5) is 15.3. The molecule has 2 aromatic carbocycles. The quantitative estimate of drug-likeness (QED) is 0.769. The van der Waals surface area contributed by atoms with E-state index in [0.717, 1.165) is 48.5 Å². The van der Waals surface area contributed by atoms with Crippen LogP contribution in [0.15, 0.2) is 53.6 Å². The smallest absolute Gasteiger partial charge is 0.257 e. The van der Waals surface area contributed by atoms with E-state index >= 15 is 0 Å². The van der Waals surface area contributed by atoms with Crippen molar-refractivity contribution in [1.29, 1.82) is 0 Å². The molecule has 2 aromatic rings. The Balaban J connectivity index is 1.60. The van der Waals surface area contributed by atoms with Crippen molar-refractivity contribution in [2.75, 3.05) is 26.7 Å². The Labute approximate surface area is 170 Å². The van der Waals surface area contributed by atoms with Gasteiger partial charge in [-0.1, -0.05) is 30.7 Å². The molecule has 2 aliphatic rings. The number of hydrogen-bond donors (Lipinski definition) is 0. The predicted octanol–water partition coefficient (Wildman–Crippen LogP) is 4.00. The van der Waals surface area contributed by atoms with E-state index in [1.54, 1.807) is 18.2 Å². The second-order valence-corrected chi connectivity index (χ2v) is 7.63. The number of methoxy groups -OCH3 is 1. The first-order chi connectivity index (χ1) is 14.1. The first kappa shape index (κ1) is 19.6. The van der Waals surface area contributed by atoms with E-state index in [1.807, 2.05) is 30.3 Å². The lowest BCUT2D eigenvalue weighted by molar-refractivity contribution is -0.134. The van der Waals surface area contributed by atoms with Gasteiger partial charge in [-0.15, -0.1) is 0 Å². The van der Waals surface area contributed by atoms with Gasteiger partial charge < -0.3 is 4.74 Å². The maximum absolute atomic E-state index is 13.7. The van der Waals surface area contributed by atoms with Crippen LogP contribution in [0.25, 0.3) is 0 Å². The topological polar surface area (TPSA) is 45.1 Å². The van der Waals surface area contributed by atoms with E-state index in [1.165, 1.54) is 18.6 Å². The highest BCUT2D eigenvalue weighted by Crippen LogP contribution is 2.34. The summed E-state index contributed by atoms with van der Waals surface area (Å²) in [6, 6.07) is 13.9. The molecule has 0 spiro atoms. The van der Waals surface area contributed by atoms with Gasteiger partial charge in [0.05, 0.1) is 25.4 Å². The summed E-state index contributed by atoms with van der Waals surface area (Å²) >= 11 is 0. The molecule has 0 aliphatic carbocycles. The Morgan fingerprint density at radius 3 is 2.59 bits per heavy atom. The maximum atomic E-state index is 13.7. The van der Waals surface area contributed by atoms with E-state index in [-0.39, 0.29) is 17.8 Å². The van der Waals surface area contributed by atoms with E-state index in [0.29, 0.717) is 13.0 Å². The summed E-state index contributed by atoms with van der Waals surface area (Å²) in [6.45, 7) is 2.27. The number of benzene rings is 2. The molecule has 0 bridgehead atoms. The molecule has 29 heavy (non-hydrogen) atoms. The van der Waals surface area contributed by atoms with Crippen molar-refractivity contribution < 1.29 is 13.9 Å². The van der Waals surface area contributed by atoms with Gasteiger partial charge in [0.25, 0.3) is 5.91 Å². The van der Waals surface area contributed by atoms with Gasteiger partial charge in [-0.25, -0.2) is 9.40 Å². The van der Waals surface area contributed by atoms with Gasteiger partial charge in [0, 0.05) is 12.0 Å². The Morgan fingerprint density at radius 1 is 1.14 bits per heavy atom. The fourth-order valence-corrected chi connectivity index (χ4v) is 4.05. The molecule has 152 valence electrons. The standard InChI is InChI=1S/C23H26FN3O2/c1-29-20-10-8-17(9-11-20)22-15-21(18-6-5-7-19(24)14-18)25-27(22)23(28)16-26-12-3-2-4-13-26/h5-11,14,22H,2-4,12-13,15-16H2,1H3. The summed E-state index contributed by atoms with van der Waals surface area (Å²) in [5, 5.41) is 6.23. The normalized spacial score (nSPS) is 19.9. The minimum absolute atomic E-state index is 0.0147. The first-order valence-corrected chi connectivity index (χ1v) is 10.2. The highest BCUT2D eigenvalue weighted by Gasteiger charge is 2.34. The summed E-state index contributed by atoms with van der Waals surface area (Å²) < 4.78 is 19.0. The number of piperidine rings is 1. The van der Waals surface area contributed by atoms with Crippen LogP contribution in [0.5, 0.6) is 5.75 Å². The van der Waals surface area contributed by atoms with Crippen molar-refractivity contribution in [3.63, 3.8) is 0 Å². The van der Waals surface area contributed by atoms with Crippen LogP contribution >= 0.6 is 0 Å². The summed E-state index contributed by atoms with van der Waals surface area (Å²) in [5.74, 6) is 0.452. The fourth-order valence-electron chi connectivity index (χ4n) is 4.05. The molecule has 4 rings (SSSR count). The molecule has 2 heterocycles. The van der Waals surface area contributed by atoms with Crippen LogP contribution in [0.2, 0.25) is 0 Å². The number of likely N-dealkylation sites (tertiary alicyclic amines) is 1. The lowest BCUT2D eigenvalue weighted by Gasteiger charge is -2.29. The average molecular weight is 395 g/mol. The number of nitrogens with zero attached hydrogens (tertiary/aromatic N) is 3. The molecule has 1 unspecified atom stereocenters. The number of rotatable bonds is 5. The number of carbonyl (C=O) groups excluding carboxylic acids is 1. The van der Waals surface area contributed by atoms with Gasteiger partial charge in [-0.05, 0) is 55.8 Å². The molecule has 1 atom stereocenters. The van der Waals surface area contributed by atoms with Crippen LogP contribution in [0.4, 0.5) is 4.39 Å². The van der Waals surface area contributed by atoms with Crippen LogP contribution in [0.3, 0.4) is 0 Å². The maximum Gasteiger partial charge on any atom is 0.257 e. The molecule has 1 saturated heterocycles. The molecule has 1 amide bonds. The molecule has 1 fully saturated rings. The van der Waals surface area contributed by atoms with Crippen molar-refractivity contribution in [2.45, 2.75) is 31.7 Å². The highest BCUT2D eigenvalue weighted by atomic mass is 19.1. The van der Waals surface area contributed by atoms with E-state index < -0.39 is 0 Å².